The van der Waals surface area contributed by atoms with Crippen LogP contribution in [0.5, 0.6) is 0 Å². The van der Waals surface area contributed by atoms with Crippen LogP contribution in [0, 0.1) is 5.92 Å². The van der Waals surface area contributed by atoms with Gasteiger partial charge in [-0.05, 0) is 41.3 Å². The molecule has 0 radical (unpaired) electrons. The summed E-state index contributed by atoms with van der Waals surface area (Å²) in [6, 6.07) is 16.2. The largest absolute Gasteiger partial charge is 0.340 e. The van der Waals surface area contributed by atoms with E-state index in [9.17, 15) is 4.79 Å². The summed E-state index contributed by atoms with van der Waals surface area (Å²) in [7, 11) is 0. The average Bonchev–Trinajstić information content (AvgIpc) is 2.65. The first-order valence-corrected chi connectivity index (χ1v) is 10.2. The Morgan fingerprint density at radius 2 is 1.30 bits per heavy atom. The molecule has 1 fully saturated rings. The average molecular weight is 405 g/mol. The van der Waals surface area contributed by atoms with E-state index in [2.05, 4.69) is 43.0 Å². The predicted molar refractivity (Wildman–Crippen MR) is 112 cm³/mol. The third-order valence-corrected chi connectivity index (χ3v) is 5.49. The summed E-state index contributed by atoms with van der Waals surface area (Å²) in [5.74, 6) is 0.658. The molecule has 2 aromatic rings. The molecule has 144 valence electrons. The summed E-state index contributed by atoms with van der Waals surface area (Å²) >= 11 is 12.2. The molecule has 0 unspecified atom stereocenters. The van der Waals surface area contributed by atoms with E-state index in [4.69, 9.17) is 23.2 Å². The number of rotatable bonds is 5. The number of hydrogen-bond donors (Lipinski definition) is 0. The van der Waals surface area contributed by atoms with Crippen molar-refractivity contribution in [2.24, 2.45) is 5.92 Å². The van der Waals surface area contributed by atoms with Crippen LogP contribution in [0.1, 0.15) is 37.4 Å². The minimum Gasteiger partial charge on any atom is -0.340 e. The van der Waals surface area contributed by atoms with E-state index in [1.807, 2.05) is 29.2 Å². The lowest BCUT2D eigenvalue weighted by molar-refractivity contribution is -0.133. The molecule has 5 heteroatoms. The second kappa shape index (κ2) is 9.09. The van der Waals surface area contributed by atoms with Crippen LogP contribution in [0.4, 0.5) is 0 Å². The fourth-order valence-corrected chi connectivity index (χ4v) is 3.86. The van der Waals surface area contributed by atoms with Crippen molar-refractivity contribution < 1.29 is 4.79 Å². The number of amides is 1. The van der Waals surface area contributed by atoms with Gasteiger partial charge in [-0.15, -0.1) is 0 Å². The Morgan fingerprint density at radius 3 is 1.70 bits per heavy atom. The van der Waals surface area contributed by atoms with E-state index in [0.717, 1.165) is 36.2 Å². The van der Waals surface area contributed by atoms with Gasteiger partial charge in [0.15, 0.2) is 0 Å². The number of hydrogen-bond acceptors (Lipinski definition) is 2. The number of nitrogens with zero attached hydrogens (tertiary/aromatic N) is 2. The smallest absolute Gasteiger partial charge is 0.222 e. The Morgan fingerprint density at radius 1 is 0.852 bits per heavy atom. The van der Waals surface area contributed by atoms with Gasteiger partial charge in [-0.2, -0.15) is 0 Å². The third-order valence-electron chi connectivity index (χ3n) is 4.99. The van der Waals surface area contributed by atoms with Crippen molar-refractivity contribution >= 4 is 29.1 Å². The number of piperazine rings is 1. The topological polar surface area (TPSA) is 23.6 Å². The minimum atomic E-state index is 0.127. The van der Waals surface area contributed by atoms with Gasteiger partial charge in [-0.25, -0.2) is 0 Å². The normalized spacial score (nSPS) is 15.6. The highest BCUT2D eigenvalue weighted by atomic mass is 35.5. The molecular formula is C22H26Cl2N2O. The SMILES string of the molecule is CC(C)CC(=O)N1CCN(C(c2ccc(Cl)cc2)c2ccc(Cl)cc2)CC1. The van der Waals surface area contributed by atoms with E-state index >= 15 is 0 Å². The van der Waals surface area contributed by atoms with Gasteiger partial charge < -0.3 is 4.90 Å². The maximum atomic E-state index is 12.4. The van der Waals surface area contributed by atoms with Crippen molar-refractivity contribution in [1.82, 2.24) is 9.80 Å². The Bertz CT molecular complexity index is 705. The zero-order valence-electron chi connectivity index (χ0n) is 15.9. The number of carbonyl (C=O) groups is 1. The molecule has 1 heterocycles. The summed E-state index contributed by atoms with van der Waals surface area (Å²) in [5, 5.41) is 1.47. The standard InChI is InChI=1S/C22H26Cl2N2O/c1-16(2)15-21(27)25-11-13-26(14-12-25)22(17-3-7-19(23)8-4-17)18-5-9-20(24)10-6-18/h3-10,16,22H,11-15H2,1-2H3. The van der Waals surface area contributed by atoms with Crippen molar-refractivity contribution in [2.75, 3.05) is 26.2 Å². The maximum absolute atomic E-state index is 12.4. The summed E-state index contributed by atoms with van der Waals surface area (Å²) in [6.45, 7) is 7.41. The fraction of sp³-hybridized carbons (Fsp3) is 0.409. The highest BCUT2D eigenvalue weighted by Gasteiger charge is 2.28. The van der Waals surface area contributed by atoms with Crippen LogP contribution < -0.4 is 0 Å². The molecule has 0 aromatic heterocycles. The first-order valence-electron chi connectivity index (χ1n) is 9.47. The van der Waals surface area contributed by atoms with Gasteiger partial charge in [0, 0.05) is 42.6 Å². The predicted octanol–water partition coefficient (Wildman–Crippen LogP) is 5.27. The summed E-state index contributed by atoms with van der Waals surface area (Å²) < 4.78 is 0. The zero-order chi connectivity index (χ0) is 19.4. The van der Waals surface area contributed by atoms with Crippen LogP contribution >= 0.6 is 23.2 Å². The van der Waals surface area contributed by atoms with E-state index in [1.54, 1.807) is 0 Å². The molecule has 1 aliphatic heterocycles. The summed E-state index contributed by atoms with van der Waals surface area (Å²) in [4.78, 5) is 16.8. The molecule has 0 aliphatic carbocycles. The van der Waals surface area contributed by atoms with Gasteiger partial charge in [0.2, 0.25) is 5.91 Å². The molecule has 3 rings (SSSR count). The first-order chi connectivity index (χ1) is 12.9. The minimum absolute atomic E-state index is 0.127. The second-order valence-corrected chi connectivity index (χ2v) is 8.39. The van der Waals surface area contributed by atoms with Gasteiger partial charge in [-0.1, -0.05) is 61.3 Å². The first kappa shape index (κ1) is 20.2. The van der Waals surface area contributed by atoms with Crippen LogP contribution in [0.2, 0.25) is 10.0 Å². The monoisotopic (exact) mass is 404 g/mol. The van der Waals surface area contributed by atoms with Crippen molar-refractivity contribution in [3.05, 3.63) is 69.7 Å². The van der Waals surface area contributed by atoms with Gasteiger partial charge in [-0.3, -0.25) is 9.69 Å². The molecule has 1 saturated heterocycles. The van der Waals surface area contributed by atoms with Gasteiger partial charge in [0.25, 0.3) is 0 Å². The highest BCUT2D eigenvalue weighted by Crippen LogP contribution is 2.31. The lowest BCUT2D eigenvalue weighted by atomic mass is 9.96. The number of benzene rings is 2. The van der Waals surface area contributed by atoms with Gasteiger partial charge in [0.1, 0.15) is 0 Å². The molecule has 1 amide bonds. The van der Waals surface area contributed by atoms with E-state index in [1.165, 1.54) is 11.1 Å². The lowest BCUT2D eigenvalue weighted by Gasteiger charge is -2.40. The molecule has 0 saturated carbocycles. The number of halogens is 2. The molecule has 0 atom stereocenters. The van der Waals surface area contributed by atoms with Crippen molar-refractivity contribution in [1.29, 1.82) is 0 Å². The summed E-state index contributed by atoms with van der Waals surface area (Å²) in [5.41, 5.74) is 2.40. The third kappa shape index (κ3) is 5.25. The quantitative estimate of drug-likeness (QED) is 0.676. The molecule has 3 nitrogen and oxygen atoms in total. The molecule has 1 aliphatic rings. The molecular weight excluding hydrogens is 379 g/mol. The molecule has 0 N–H and O–H groups in total. The second-order valence-electron chi connectivity index (χ2n) is 7.52. The molecule has 2 aromatic carbocycles. The Hall–Kier alpha value is -1.55. The van der Waals surface area contributed by atoms with E-state index in [-0.39, 0.29) is 11.9 Å². The Labute approximate surface area is 171 Å². The highest BCUT2D eigenvalue weighted by molar-refractivity contribution is 6.30. The van der Waals surface area contributed by atoms with Gasteiger partial charge in [0.05, 0.1) is 6.04 Å². The molecule has 27 heavy (non-hydrogen) atoms. The van der Waals surface area contributed by atoms with Crippen molar-refractivity contribution in [2.45, 2.75) is 26.3 Å². The fourth-order valence-electron chi connectivity index (χ4n) is 3.61. The van der Waals surface area contributed by atoms with E-state index in [0.29, 0.717) is 12.3 Å². The van der Waals surface area contributed by atoms with Crippen molar-refractivity contribution in [3.8, 4) is 0 Å². The lowest BCUT2D eigenvalue weighted by Crippen LogP contribution is -2.50. The number of carbonyl (C=O) groups excluding carboxylic acids is 1. The Balaban J connectivity index is 1.79. The van der Waals surface area contributed by atoms with Crippen LogP contribution in [0.25, 0.3) is 0 Å². The zero-order valence-corrected chi connectivity index (χ0v) is 17.4. The van der Waals surface area contributed by atoms with Crippen LogP contribution in [-0.2, 0) is 4.79 Å². The van der Waals surface area contributed by atoms with E-state index < -0.39 is 0 Å². The van der Waals surface area contributed by atoms with Crippen LogP contribution in [0.15, 0.2) is 48.5 Å². The Kier molecular flexibility index (Phi) is 6.80. The van der Waals surface area contributed by atoms with Crippen LogP contribution in [0.3, 0.4) is 0 Å². The van der Waals surface area contributed by atoms with Crippen molar-refractivity contribution in [3.63, 3.8) is 0 Å². The maximum Gasteiger partial charge on any atom is 0.222 e. The van der Waals surface area contributed by atoms with Crippen LogP contribution in [-0.4, -0.2) is 41.9 Å². The summed E-state index contributed by atoms with van der Waals surface area (Å²) in [6.07, 6.45) is 0.623. The molecule has 0 bridgehead atoms. The molecule has 0 spiro atoms. The van der Waals surface area contributed by atoms with Gasteiger partial charge >= 0.3 is 0 Å².